The van der Waals surface area contributed by atoms with Crippen LogP contribution in [0.3, 0.4) is 0 Å². The Morgan fingerprint density at radius 3 is 2.71 bits per heavy atom. The highest BCUT2D eigenvalue weighted by molar-refractivity contribution is 7.89. The molecule has 1 aromatic rings. The summed E-state index contributed by atoms with van der Waals surface area (Å²) in [6.45, 7) is 3.65. The van der Waals surface area contributed by atoms with E-state index in [9.17, 15) is 18.0 Å². The first kappa shape index (κ1) is 22.2. The van der Waals surface area contributed by atoms with E-state index in [1.54, 1.807) is 11.0 Å². The number of hydrogen-bond acceptors (Lipinski definition) is 5. The third-order valence-electron chi connectivity index (χ3n) is 4.84. The van der Waals surface area contributed by atoms with E-state index in [1.807, 2.05) is 6.92 Å². The normalized spacial score (nSPS) is 17.2. The summed E-state index contributed by atoms with van der Waals surface area (Å²) < 4.78 is 31.8. The van der Waals surface area contributed by atoms with Gasteiger partial charge < -0.3 is 15.0 Å². The third kappa shape index (κ3) is 5.45. The number of likely N-dealkylation sites (tertiary alicyclic amines) is 1. The largest absolute Gasteiger partial charge is 0.495 e. The molecule has 1 aliphatic heterocycles. The minimum atomic E-state index is -3.76. The number of methoxy groups -OCH3 is 1. The summed E-state index contributed by atoms with van der Waals surface area (Å²) in [6.07, 6.45) is 3.09. The number of hydrogen-bond donors (Lipinski definition) is 2. The number of ether oxygens (including phenoxy) is 1. The zero-order valence-corrected chi connectivity index (χ0v) is 17.5. The highest BCUT2D eigenvalue weighted by Gasteiger charge is 2.27. The Balaban J connectivity index is 2.12. The number of amides is 2. The molecule has 2 amide bonds. The molecule has 28 heavy (non-hydrogen) atoms. The Labute approximate surface area is 166 Å². The maximum absolute atomic E-state index is 12.9. The van der Waals surface area contributed by atoms with Gasteiger partial charge in [-0.05, 0) is 50.4 Å². The number of sulfonamides is 1. The zero-order chi connectivity index (χ0) is 20.7. The molecular weight excluding hydrogens is 382 g/mol. The number of carbonyl (C=O) groups excluding carboxylic acids is 2. The molecule has 1 heterocycles. The van der Waals surface area contributed by atoms with Crippen molar-refractivity contribution in [2.24, 2.45) is 5.92 Å². The molecule has 0 spiro atoms. The van der Waals surface area contributed by atoms with Gasteiger partial charge in [-0.25, -0.2) is 13.1 Å². The van der Waals surface area contributed by atoms with Crippen LogP contribution in [-0.4, -0.2) is 58.9 Å². The van der Waals surface area contributed by atoms with Gasteiger partial charge in [0.1, 0.15) is 10.6 Å². The van der Waals surface area contributed by atoms with Gasteiger partial charge in [-0.1, -0.05) is 6.92 Å². The van der Waals surface area contributed by atoms with E-state index >= 15 is 0 Å². The SMILES string of the molecule is CCCC(=O)NCC1CCCN(C(=O)c2ccc(OC)c(S(=O)(=O)NC)c2)C1. The molecule has 156 valence electrons. The van der Waals surface area contributed by atoms with Crippen LogP contribution in [0.1, 0.15) is 43.0 Å². The van der Waals surface area contributed by atoms with Crippen LogP contribution in [0.2, 0.25) is 0 Å². The third-order valence-corrected chi connectivity index (χ3v) is 6.28. The second kappa shape index (κ2) is 9.88. The van der Waals surface area contributed by atoms with Gasteiger partial charge in [0, 0.05) is 31.6 Å². The first-order valence-electron chi connectivity index (χ1n) is 9.50. The molecule has 1 aliphatic rings. The maximum Gasteiger partial charge on any atom is 0.253 e. The summed E-state index contributed by atoms with van der Waals surface area (Å²) in [5.41, 5.74) is 0.297. The molecule has 0 aromatic heterocycles. The summed E-state index contributed by atoms with van der Waals surface area (Å²) in [5.74, 6) is 0.182. The van der Waals surface area contributed by atoms with Gasteiger partial charge in [0.25, 0.3) is 5.91 Å². The van der Waals surface area contributed by atoms with Crippen molar-refractivity contribution in [3.05, 3.63) is 23.8 Å². The van der Waals surface area contributed by atoms with E-state index in [2.05, 4.69) is 10.0 Å². The van der Waals surface area contributed by atoms with Gasteiger partial charge in [0.15, 0.2) is 0 Å². The van der Waals surface area contributed by atoms with Crippen molar-refractivity contribution in [1.29, 1.82) is 0 Å². The van der Waals surface area contributed by atoms with Crippen LogP contribution in [0.4, 0.5) is 0 Å². The zero-order valence-electron chi connectivity index (χ0n) is 16.7. The topological polar surface area (TPSA) is 105 Å². The smallest absolute Gasteiger partial charge is 0.253 e. The lowest BCUT2D eigenvalue weighted by Crippen LogP contribution is -2.43. The summed E-state index contributed by atoms with van der Waals surface area (Å²) in [4.78, 5) is 26.3. The Kier molecular flexibility index (Phi) is 7.82. The molecule has 1 aromatic carbocycles. The van der Waals surface area contributed by atoms with E-state index < -0.39 is 10.0 Å². The second-order valence-corrected chi connectivity index (χ2v) is 8.74. The Morgan fingerprint density at radius 2 is 2.07 bits per heavy atom. The fraction of sp³-hybridized carbons (Fsp3) is 0.579. The molecule has 0 bridgehead atoms. The summed E-state index contributed by atoms with van der Waals surface area (Å²) in [6, 6.07) is 4.41. The number of nitrogens with zero attached hydrogens (tertiary/aromatic N) is 1. The lowest BCUT2D eigenvalue weighted by atomic mass is 9.97. The molecular formula is C19H29N3O5S. The lowest BCUT2D eigenvalue weighted by Gasteiger charge is -2.33. The van der Waals surface area contributed by atoms with Crippen LogP contribution < -0.4 is 14.8 Å². The van der Waals surface area contributed by atoms with Crippen LogP contribution in [0.5, 0.6) is 5.75 Å². The van der Waals surface area contributed by atoms with Crippen molar-refractivity contribution in [2.75, 3.05) is 33.8 Å². The van der Waals surface area contributed by atoms with Crippen LogP contribution in [0.25, 0.3) is 0 Å². The molecule has 2 rings (SSSR count). The molecule has 0 aliphatic carbocycles. The van der Waals surface area contributed by atoms with E-state index in [-0.39, 0.29) is 28.4 Å². The van der Waals surface area contributed by atoms with Gasteiger partial charge in [-0.15, -0.1) is 0 Å². The number of carbonyl (C=O) groups is 2. The number of benzene rings is 1. The Hall–Kier alpha value is -2.13. The number of nitrogens with one attached hydrogen (secondary N) is 2. The predicted molar refractivity (Wildman–Crippen MR) is 106 cm³/mol. The van der Waals surface area contributed by atoms with E-state index in [1.165, 1.54) is 26.3 Å². The molecule has 9 heteroatoms. The van der Waals surface area contributed by atoms with E-state index in [4.69, 9.17) is 4.74 Å². The van der Waals surface area contributed by atoms with Crippen LogP contribution >= 0.6 is 0 Å². The summed E-state index contributed by atoms with van der Waals surface area (Å²) in [5, 5.41) is 2.92. The van der Waals surface area contributed by atoms with Crippen LogP contribution in [0.15, 0.2) is 23.1 Å². The fourth-order valence-corrected chi connectivity index (χ4v) is 4.22. The van der Waals surface area contributed by atoms with Crippen molar-refractivity contribution in [3.8, 4) is 5.75 Å². The number of rotatable bonds is 8. The minimum absolute atomic E-state index is 0.0306. The average molecular weight is 412 g/mol. The predicted octanol–water partition coefficient (Wildman–Crippen LogP) is 1.37. The molecule has 0 saturated carbocycles. The first-order chi connectivity index (χ1) is 13.3. The molecule has 8 nitrogen and oxygen atoms in total. The van der Waals surface area contributed by atoms with Crippen molar-refractivity contribution < 1.29 is 22.7 Å². The van der Waals surface area contributed by atoms with Crippen LogP contribution in [0, 0.1) is 5.92 Å². The minimum Gasteiger partial charge on any atom is -0.495 e. The van der Waals surface area contributed by atoms with Crippen molar-refractivity contribution in [3.63, 3.8) is 0 Å². The standard InChI is InChI=1S/C19H29N3O5S/c1-4-6-18(23)21-12-14-7-5-10-22(13-14)19(24)15-8-9-16(27-3)17(11-15)28(25,26)20-2/h8-9,11,14,20H,4-7,10,12-13H2,1-3H3,(H,21,23). The summed E-state index contributed by atoms with van der Waals surface area (Å²) in [7, 11) is -1.06. The van der Waals surface area contributed by atoms with Crippen molar-refractivity contribution in [1.82, 2.24) is 14.9 Å². The Morgan fingerprint density at radius 1 is 1.32 bits per heavy atom. The van der Waals surface area contributed by atoms with Gasteiger partial charge in [-0.3, -0.25) is 9.59 Å². The molecule has 1 fully saturated rings. The van der Waals surface area contributed by atoms with Crippen molar-refractivity contribution >= 4 is 21.8 Å². The monoisotopic (exact) mass is 411 g/mol. The first-order valence-corrected chi connectivity index (χ1v) is 11.0. The van der Waals surface area contributed by atoms with Gasteiger partial charge in [-0.2, -0.15) is 0 Å². The Bertz CT molecular complexity index is 810. The van der Waals surface area contributed by atoms with Crippen molar-refractivity contribution in [2.45, 2.75) is 37.5 Å². The maximum atomic E-state index is 12.9. The molecule has 1 saturated heterocycles. The lowest BCUT2D eigenvalue weighted by molar-refractivity contribution is -0.121. The quantitative estimate of drug-likeness (QED) is 0.672. The summed E-state index contributed by atoms with van der Waals surface area (Å²) >= 11 is 0. The van der Waals surface area contributed by atoms with Gasteiger partial charge >= 0.3 is 0 Å². The van der Waals surface area contributed by atoms with E-state index in [0.717, 1.165) is 19.3 Å². The van der Waals surface area contributed by atoms with Gasteiger partial charge in [0.05, 0.1) is 7.11 Å². The molecule has 1 atom stereocenters. The van der Waals surface area contributed by atoms with E-state index in [0.29, 0.717) is 31.6 Å². The molecule has 2 N–H and O–H groups in total. The van der Waals surface area contributed by atoms with Crippen LogP contribution in [-0.2, 0) is 14.8 Å². The highest BCUT2D eigenvalue weighted by Crippen LogP contribution is 2.26. The molecule has 1 unspecified atom stereocenters. The average Bonchev–Trinajstić information content (AvgIpc) is 2.71. The highest BCUT2D eigenvalue weighted by atomic mass is 32.2. The molecule has 0 radical (unpaired) electrons. The second-order valence-electron chi connectivity index (χ2n) is 6.89. The van der Waals surface area contributed by atoms with Gasteiger partial charge in [0.2, 0.25) is 15.9 Å². The number of piperidine rings is 1. The fourth-order valence-electron chi connectivity index (χ4n) is 3.30.